The Hall–Kier alpha value is -3.44. The maximum absolute atomic E-state index is 11.9. The molecule has 0 spiro atoms. The summed E-state index contributed by atoms with van der Waals surface area (Å²) in [7, 11) is 1.35. The van der Waals surface area contributed by atoms with Gasteiger partial charge < -0.3 is 14.9 Å². The largest absolute Gasteiger partial charge is 0.468 e. The van der Waals surface area contributed by atoms with Crippen molar-refractivity contribution in [1.29, 1.82) is 0 Å². The fourth-order valence-electron chi connectivity index (χ4n) is 3.52. The number of fused-ring (bicyclic) bond motifs is 1. The molecule has 2 N–H and O–H groups in total. The molecule has 4 aromatic rings. The standard InChI is InChI=1S/C24H23N3O2/c1-16-8-13-22-26-23(21(27(22)15-16)14-20(25)24(28)29-2)19-11-9-18(10-12-19)17-6-4-3-5-7-17/h3-13,15,20H,14,25H2,1-2H3. The van der Waals surface area contributed by atoms with Gasteiger partial charge in [-0.3, -0.25) is 4.79 Å². The van der Waals surface area contributed by atoms with Gasteiger partial charge in [0.15, 0.2) is 0 Å². The minimum Gasteiger partial charge on any atom is -0.468 e. The van der Waals surface area contributed by atoms with E-state index in [2.05, 4.69) is 36.4 Å². The first-order chi connectivity index (χ1) is 14.1. The lowest BCUT2D eigenvalue weighted by Crippen LogP contribution is -2.34. The minimum absolute atomic E-state index is 0.340. The van der Waals surface area contributed by atoms with Gasteiger partial charge in [-0.05, 0) is 29.7 Å². The number of aromatic nitrogens is 2. The average Bonchev–Trinajstić information content (AvgIpc) is 3.11. The molecule has 0 aliphatic rings. The summed E-state index contributed by atoms with van der Waals surface area (Å²) in [6.07, 6.45) is 2.36. The molecule has 5 nitrogen and oxygen atoms in total. The number of hydrogen-bond donors (Lipinski definition) is 1. The molecule has 29 heavy (non-hydrogen) atoms. The molecule has 1 atom stereocenters. The Morgan fingerprint density at radius 1 is 1.00 bits per heavy atom. The van der Waals surface area contributed by atoms with Gasteiger partial charge in [0.05, 0.1) is 18.5 Å². The molecule has 2 aromatic carbocycles. The van der Waals surface area contributed by atoms with Crippen LogP contribution >= 0.6 is 0 Å². The van der Waals surface area contributed by atoms with Crippen LogP contribution in [0.25, 0.3) is 28.0 Å². The quantitative estimate of drug-likeness (QED) is 0.527. The van der Waals surface area contributed by atoms with E-state index in [-0.39, 0.29) is 0 Å². The Kier molecular flexibility index (Phi) is 5.14. The van der Waals surface area contributed by atoms with Crippen molar-refractivity contribution in [2.75, 3.05) is 7.11 Å². The molecule has 1 unspecified atom stereocenters. The van der Waals surface area contributed by atoms with Gasteiger partial charge in [-0.15, -0.1) is 0 Å². The third-order valence-electron chi connectivity index (χ3n) is 5.05. The van der Waals surface area contributed by atoms with Crippen molar-refractivity contribution in [3.63, 3.8) is 0 Å². The first kappa shape index (κ1) is 18.9. The van der Waals surface area contributed by atoms with Crippen LogP contribution in [0, 0.1) is 6.92 Å². The Labute approximate surface area is 169 Å². The van der Waals surface area contributed by atoms with Crippen molar-refractivity contribution in [3.8, 4) is 22.4 Å². The molecular weight excluding hydrogens is 362 g/mol. The number of rotatable bonds is 5. The van der Waals surface area contributed by atoms with Gasteiger partial charge in [0, 0.05) is 18.2 Å². The summed E-state index contributed by atoms with van der Waals surface area (Å²) in [5, 5.41) is 0. The fourth-order valence-corrected chi connectivity index (χ4v) is 3.52. The van der Waals surface area contributed by atoms with E-state index < -0.39 is 12.0 Å². The van der Waals surface area contributed by atoms with E-state index >= 15 is 0 Å². The number of hydrogen-bond acceptors (Lipinski definition) is 4. The number of ether oxygens (including phenoxy) is 1. The number of aryl methyl sites for hydroxylation is 1. The van der Waals surface area contributed by atoms with Gasteiger partial charge in [-0.1, -0.05) is 60.7 Å². The predicted octanol–water partition coefficient (Wildman–Crippen LogP) is 4.02. The van der Waals surface area contributed by atoms with Crippen LogP contribution in [0.15, 0.2) is 72.9 Å². The van der Waals surface area contributed by atoms with Crippen molar-refractivity contribution in [2.45, 2.75) is 19.4 Å². The summed E-state index contributed by atoms with van der Waals surface area (Å²) in [5.74, 6) is -0.432. The Balaban J connectivity index is 1.78. The molecule has 0 aliphatic carbocycles. The fraction of sp³-hybridized carbons (Fsp3) is 0.167. The second-order valence-electron chi connectivity index (χ2n) is 7.12. The average molecular weight is 385 g/mol. The highest BCUT2D eigenvalue weighted by Gasteiger charge is 2.21. The Morgan fingerprint density at radius 2 is 1.66 bits per heavy atom. The second-order valence-corrected chi connectivity index (χ2v) is 7.12. The molecular formula is C24H23N3O2. The monoisotopic (exact) mass is 385 g/mol. The maximum Gasteiger partial charge on any atom is 0.323 e. The van der Waals surface area contributed by atoms with Crippen molar-refractivity contribution >= 4 is 11.6 Å². The summed E-state index contributed by atoms with van der Waals surface area (Å²) in [6.45, 7) is 2.03. The number of carbonyl (C=O) groups excluding carboxylic acids is 1. The number of benzene rings is 2. The molecule has 0 aliphatic heterocycles. The summed E-state index contributed by atoms with van der Waals surface area (Å²) in [4.78, 5) is 16.7. The summed E-state index contributed by atoms with van der Waals surface area (Å²) >= 11 is 0. The summed E-state index contributed by atoms with van der Waals surface area (Å²) in [5.41, 5.74) is 13.0. The number of nitrogens with two attached hydrogens (primary N) is 1. The van der Waals surface area contributed by atoms with E-state index in [0.717, 1.165) is 39.3 Å². The van der Waals surface area contributed by atoms with Gasteiger partial charge >= 0.3 is 5.97 Å². The molecule has 2 aromatic heterocycles. The van der Waals surface area contributed by atoms with Crippen molar-refractivity contribution in [1.82, 2.24) is 9.38 Å². The van der Waals surface area contributed by atoms with E-state index in [9.17, 15) is 4.79 Å². The normalized spacial score (nSPS) is 12.1. The zero-order valence-corrected chi connectivity index (χ0v) is 16.5. The van der Waals surface area contributed by atoms with Gasteiger partial charge in [0.2, 0.25) is 0 Å². The smallest absolute Gasteiger partial charge is 0.323 e. The van der Waals surface area contributed by atoms with Crippen LogP contribution in [-0.4, -0.2) is 28.5 Å². The van der Waals surface area contributed by atoms with Gasteiger partial charge in [0.25, 0.3) is 0 Å². The molecule has 0 radical (unpaired) electrons. The highest BCUT2D eigenvalue weighted by Crippen LogP contribution is 2.28. The second kappa shape index (κ2) is 7.89. The third kappa shape index (κ3) is 3.77. The van der Waals surface area contributed by atoms with E-state index in [0.29, 0.717) is 6.42 Å². The van der Waals surface area contributed by atoms with Crippen molar-refractivity contribution in [3.05, 3.63) is 84.2 Å². The molecule has 0 saturated heterocycles. The van der Waals surface area contributed by atoms with Crippen LogP contribution in [0.1, 0.15) is 11.3 Å². The minimum atomic E-state index is -0.747. The third-order valence-corrected chi connectivity index (χ3v) is 5.05. The number of esters is 1. The highest BCUT2D eigenvalue weighted by molar-refractivity contribution is 5.77. The molecule has 2 heterocycles. The maximum atomic E-state index is 11.9. The highest BCUT2D eigenvalue weighted by atomic mass is 16.5. The molecule has 0 saturated carbocycles. The van der Waals surface area contributed by atoms with Crippen LogP contribution < -0.4 is 5.73 Å². The topological polar surface area (TPSA) is 69.6 Å². The molecule has 5 heteroatoms. The zero-order chi connectivity index (χ0) is 20.4. The summed E-state index contributed by atoms with van der Waals surface area (Å²) < 4.78 is 6.83. The first-order valence-corrected chi connectivity index (χ1v) is 9.53. The van der Waals surface area contributed by atoms with Crippen LogP contribution in [0.3, 0.4) is 0 Å². The lowest BCUT2D eigenvalue weighted by molar-refractivity contribution is -0.142. The van der Waals surface area contributed by atoms with Crippen LogP contribution in [-0.2, 0) is 16.0 Å². The van der Waals surface area contributed by atoms with E-state index in [4.69, 9.17) is 15.5 Å². The number of imidazole rings is 1. The van der Waals surface area contributed by atoms with Gasteiger partial charge in [0.1, 0.15) is 11.7 Å². The SMILES string of the molecule is COC(=O)C(N)Cc1c(-c2ccc(-c3ccccc3)cc2)nc2ccc(C)cn12. The lowest BCUT2D eigenvalue weighted by atomic mass is 10.0. The molecule has 0 amide bonds. The molecule has 146 valence electrons. The van der Waals surface area contributed by atoms with E-state index in [1.54, 1.807) is 0 Å². The van der Waals surface area contributed by atoms with Crippen molar-refractivity contribution < 1.29 is 9.53 Å². The summed E-state index contributed by atoms with van der Waals surface area (Å²) in [6, 6.07) is 21.8. The number of nitrogens with zero attached hydrogens (tertiary/aromatic N) is 2. The van der Waals surface area contributed by atoms with Crippen LogP contribution in [0.5, 0.6) is 0 Å². The van der Waals surface area contributed by atoms with Gasteiger partial charge in [-0.2, -0.15) is 0 Å². The number of pyridine rings is 1. The number of methoxy groups -OCH3 is 1. The van der Waals surface area contributed by atoms with Gasteiger partial charge in [-0.25, -0.2) is 4.98 Å². The van der Waals surface area contributed by atoms with Crippen LogP contribution in [0.4, 0.5) is 0 Å². The Morgan fingerprint density at radius 3 is 2.34 bits per heavy atom. The molecule has 4 rings (SSSR count). The molecule has 0 fully saturated rings. The lowest BCUT2D eigenvalue weighted by Gasteiger charge is -2.11. The number of carbonyl (C=O) groups is 1. The van der Waals surface area contributed by atoms with E-state index in [1.165, 1.54) is 7.11 Å². The molecule has 0 bridgehead atoms. The predicted molar refractivity (Wildman–Crippen MR) is 114 cm³/mol. The zero-order valence-electron chi connectivity index (χ0n) is 16.5. The Bertz CT molecular complexity index is 1150. The van der Waals surface area contributed by atoms with Crippen LogP contribution in [0.2, 0.25) is 0 Å². The van der Waals surface area contributed by atoms with E-state index in [1.807, 2.05) is 47.9 Å². The van der Waals surface area contributed by atoms with Crippen molar-refractivity contribution in [2.24, 2.45) is 5.73 Å². The first-order valence-electron chi connectivity index (χ1n) is 9.53.